The van der Waals surface area contributed by atoms with E-state index in [1.165, 1.54) is 33.5 Å². The Kier molecular flexibility index (Phi) is 2.72. The molecule has 0 saturated heterocycles. The van der Waals surface area contributed by atoms with E-state index in [4.69, 9.17) is 0 Å². The summed E-state index contributed by atoms with van der Waals surface area (Å²) in [6.45, 7) is 4.48. The first-order valence-corrected chi connectivity index (χ1v) is 7.78. The Morgan fingerprint density at radius 1 is 1.05 bits per heavy atom. The normalized spacial score (nSPS) is 22.5. The molecule has 0 amide bonds. The predicted octanol–water partition coefficient (Wildman–Crippen LogP) is 4.46. The third-order valence-electron chi connectivity index (χ3n) is 4.81. The molecule has 2 aromatic carbocycles. The Morgan fingerprint density at radius 3 is 2.67 bits per heavy atom. The zero-order valence-corrected chi connectivity index (χ0v) is 12.7. The summed E-state index contributed by atoms with van der Waals surface area (Å²) in [4.78, 5) is 0. The zero-order valence-electron chi connectivity index (χ0n) is 12.7. The van der Waals surface area contributed by atoms with Crippen molar-refractivity contribution in [3.05, 3.63) is 70.9 Å². The number of benzene rings is 2. The lowest BCUT2D eigenvalue weighted by Gasteiger charge is -2.26. The van der Waals surface area contributed by atoms with Crippen LogP contribution in [0.15, 0.2) is 54.2 Å². The molecule has 21 heavy (non-hydrogen) atoms. The van der Waals surface area contributed by atoms with E-state index in [-0.39, 0.29) is 5.54 Å². The summed E-state index contributed by atoms with van der Waals surface area (Å²) in [7, 11) is 0. The molecule has 4 rings (SSSR count). The second-order valence-electron chi connectivity index (χ2n) is 6.78. The molecule has 1 aliphatic heterocycles. The van der Waals surface area contributed by atoms with Crippen LogP contribution in [-0.4, -0.2) is 5.54 Å². The fourth-order valence-electron chi connectivity index (χ4n) is 3.83. The maximum absolute atomic E-state index is 3.62. The van der Waals surface area contributed by atoms with E-state index in [2.05, 4.69) is 67.7 Å². The molecule has 1 nitrogen and oxygen atoms in total. The summed E-state index contributed by atoms with van der Waals surface area (Å²) in [5, 5.41) is 3.62. The average Bonchev–Trinajstić information content (AvgIpc) is 2.98. The van der Waals surface area contributed by atoms with Gasteiger partial charge in [0.2, 0.25) is 0 Å². The molecule has 0 radical (unpaired) electrons. The fourth-order valence-corrected chi connectivity index (χ4v) is 3.83. The smallest absolute Gasteiger partial charge is 0.0417 e. The number of nitrogens with one attached hydrogen (secondary N) is 1. The number of hydrogen-bond donors (Lipinski definition) is 1. The second kappa shape index (κ2) is 4.49. The van der Waals surface area contributed by atoms with Crippen molar-refractivity contribution in [3.8, 4) is 11.1 Å². The standard InChI is InChI=1S/C20H21N/c1-14-9-10-20(2,21-14)13-15-7-8-19-17(11-15)12-16-5-3-4-6-18(16)19/h3-9,11,21H,10,12-13H2,1-2H3. The van der Waals surface area contributed by atoms with E-state index >= 15 is 0 Å². The van der Waals surface area contributed by atoms with Gasteiger partial charge in [0.25, 0.3) is 0 Å². The minimum absolute atomic E-state index is 0.184. The lowest BCUT2D eigenvalue weighted by Crippen LogP contribution is -2.38. The summed E-state index contributed by atoms with van der Waals surface area (Å²) in [5.41, 5.74) is 8.73. The molecule has 0 aromatic heterocycles. The van der Waals surface area contributed by atoms with E-state index in [9.17, 15) is 0 Å². The number of allylic oxidation sites excluding steroid dienone is 1. The largest absolute Gasteiger partial charge is 0.383 e. The van der Waals surface area contributed by atoms with Crippen LogP contribution in [0.5, 0.6) is 0 Å². The third-order valence-corrected chi connectivity index (χ3v) is 4.81. The highest BCUT2D eigenvalue weighted by molar-refractivity contribution is 5.76. The van der Waals surface area contributed by atoms with Crippen molar-refractivity contribution in [2.45, 2.75) is 38.6 Å². The summed E-state index contributed by atoms with van der Waals surface area (Å²) < 4.78 is 0. The highest BCUT2D eigenvalue weighted by Crippen LogP contribution is 2.37. The van der Waals surface area contributed by atoms with Crippen molar-refractivity contribution in [1.82, 2.24) is 5.32 Å². The summed E-state index contributed by atoms with van der Waals surface area (Å²) in [6.07, 6.45) is 5.60. The van der Waals surface area contributed by atoms with Crippen molar-refractivity contribution in [2.24, 2.45) is 0 Å². The van der Waals surface area contributed by atoms with E-state index in [0.717, 1.165) is 19.3 Å². The highest BCUT2D eigenvalue weighted by atomic mass is 15.0. The lowest BCUT2D eigenvalue weighted by atomic mass is 9.90. The van der Waals surface area contributed by atoms with Gasteiger partial charge in [-0.1, -0.05) is 48.5 Å². The maximum Gasteiger partial charge on any atom is 0.0417 e. The molecule has 0 bridgehead atoms. The number of fused-ring (bicyclic) bond motifs is 3. The lowest BCUT2D eigenvalue weighted by molar-refractivity contribution is 0.419. The van der Waals surface area contributed by atoms with E-state index in [0.29, 0.717) is 0 Å². The number of hydrogen-bond acceptors (Lipinski definition) is 1. The molecule has 2 aliphatic rings. The molecule has 1 aliphatic carbocycles. The quantitative estimate of drug-likeness (QED) is 0.728. The van der Waals surface area contributed by atoms with Crippen LogP contribution < -0.4 is 5.32 Å². The van der Waals surface area contributed by atoms with Crippen LogP contribution in [0.2, 0.25) is 0 Å². The van der Waals surface area contributed by atoms with Crippen molar-refractivity contribution in [3.63, 3.8) is 0 Å². The predicted molar refractivity (Wildman–Crippen MR) is 88.3 cm³/mol. The maximum atomic E-state index is 3.62. The van der Waals surface area contributed by atoms with Gasteiger partial charge >= 0.3 is 0 Å². The Labute approximate surface area is 126 Å². The molecular weight excluding hydrogens is 254 g/mol. The minimum Gasteiger partial charge on any atom is -0.383 e. The van der Waals surface area contributed by atoms with Gasteiger partial charge in [0.05, 0.1) is 0 Å². The summed E-state index contributed by atoms with van der Waals surface area (Å²) >= 11 is 0. The van der Waals surface area contributed by atoms with Gasteiger partial charge in [0.15, 0.2) is 0 Å². The Balaban J connectivity index is 1.62. The monoisotopic (exact) mass is 275 g/mol. The first-order valence-electron chi connectivity index (χ1n) is 7.78. The van der Waals surface area contributed by atoms with Gasteiger partial charge in [-0.15, -0.1) is 0 Å². The van der Waals surface area contributed by atoms with Crippen molar-refractivity contribution in [2.75, 3.05) is 0 Å². The van der Waals surface area contributed by atoms with Crippen LogP contribution in [0.4, 0.5) is 0 Å². The second-order valence-corrected chi connectivity index (χ2v) is 6.78. The Hall–Kier alpha value is -2.02. The molecule has 0 fully saturated rings. The fraction of sp³-hybridized carbons (Fsp3) is 0.300. The third kappa shape index (κ3) is 2.17. The topological polar surface area (TPSA) is 12.0 Å². The van der Waals surface area contributed by atoms with Crippen LogP contribution in [0.3, 0.4) is 0 Å². The molecule has 106 valence electrons. The van der Waals surface area contributed by atoms with Crippen molar-refractivity contribution in [1.29, 1.82) is 0 Å². The SMILES string of the molecule is CC1=CCC(C)(Cc2ccc3c(c2)Cc2ccccc2-3)N1. The van der Waals surface area contributed by atoms with Crippen LogP contribution in [0.1, 0.15) is 37.0 Å². The van der Waals surface area contributed by atoms with E-state index in [1.54, 1.807) is 0 Å². The van der Waals surface area contributed by atoms with Gasteiger partial charge in [-0.25, -0.2) is 0 Å². The Morgan fingerprint density at radius 2 is 1.86 bits per heavy atom. The van der Waals surface area contributed by atoms with Crippen molar-refractivity contribution >= 4 is 0 Å². The first kappa shape index (κ1) is 12.7. The van der Waals surface area contributed by atoms with E-state index in [1.807, 2.05) is 0 Å². The molecule has 0 spiro atoms. The molecule has 1 heteroatoms. The Bertz CT molecular complexity index is 741. The minimum atomic E-state index is 0.184. The highest BCUT2D eigenvalue weighted by Gasteiger charge is 2.28. The average molecular weight is 275 g/mol. The van der Waals surface area contributed by atoms with Crippen LogP contribution in [-0.2, 0) is 12.8 Å². The van der Waals surface area contributed by atoms with Crippen LogP contribution in [0, 0.1) is 0 Å². The molecule has 2 aromatic rings. The van der Waals surface area contributed by atoms with Gasteiger partial charge < -0.3 is 5.32 Å². The molecule has 1 heterocycles. The molecule has 1 N–H and O–H groups in total. The van der Waals surface area contributed by atoms with Gasteiger partial charge in [-0.05, 0) is 60.9 Å². The van der Waals surface area contributed by atoms with Crippen LogP contribution in [0.25, 0.3) is 11.1 Å². The molecule has 1 atom stereocenters. The van der Waals surface area contributed by atoms with Gasteiger partial charge in [-0.2, -0.15) is 0 Å². The molecular formula is C20H21N. The summed E-state index contributed by atoms with van der Waals surface area (Å²) in [5.74, 6) is 0. The van der Waals surface area contributed by atoms with Crippen molar-refractivity contribution < 1.29 is 0 Å². The molecule has 0 saturated carbocycles. The number of rotatable bonds is 2. The first-order chi connectivity index (χ1) is 10.1. The molecule has 1 unspecified atom stereocenters. The zero-order chi connectivity index (χ0) is 14.4. The van der Waals surface area contributed by atoms with Gasteiger partial charge in [-0.3, -0.25) is 0 Å². The van der Waals surface area contributed by atoms with Gasteiger partial charge in [0.1, 0.15) is 0 Å². The summed E-state index contributed by atoms with van der Waals surface area (Å²) in [6, 6.07) is 15.8. The van der Waals surface area contributed by atoms with Crippen LogP contribution >= 0.6 is 0 Å². The van der Waals surface area contributed by atoms with E-state index < -0.39 is 0 Å². The van der Waals surface area contributed by atoms with Gasteiger partial charge in [0, 0.05) is 11.2 Å².